The van der Waals surface area contributed by atoms with E-state index in [4.69, 9.17) is 9.84 Å². The fourth-order valence-electron chi connectivity index (χ4n) is 4.11. The van der Waals surface area contributed by atoms with Crippen LogP contribution in [-0.4, -0.2) is 55.3 Å². The summed E-state index contributed by atoms with van der Waals surface area (Å²) >= 11 is 0. The summed E-state index contributed by atoms with van der Waals surface area (Å²) in [6, 6.07) is 3.05. The van der Waals surface area contributed by atoms with Crippen LogP contribution in [0.2, 0.25) is 0 Å². The fourth-order valence-corrected chi connectivity index (χ4v) is 4.11. The Bertz CT molecular complexity index is 1610. The lowest BCUT2D eigenvalue weighted by Crippen LogP contribution is -2.30. The molecule has 0 aliphatic rings. The molecule has 4 aromatic rings. The van der Waals surface area contributed by atoms with Crippen LogP contribution in [0.3, 0.4) is 0 Å². The van der Waals surface area contributed by atoms with Crippen molar-refractivity contribution >= 4 is 16.5 Å². The van der Waals surface area contributed by atoms with Gasteiger partial charge >= 0.3 is 6.18 Å². The summed E-state index contributed by atoms with van der Waals surface area (Å²) in [5, 5.41) is 16.7. The molecule has 3 aromatic heterocycles. The van der Waals surface area contributed by atoms with Crippen LogP contribution in [0.1, 0.15) is 18.9 Å². The topological polar surface area (TPSA) is 135 Å². The first-order valence-electron chi connectivity index (χ1n) is 11.9. The van der Waals surface area contributed by atoms with Gasteiger partial charge < -0.3 is 19.7 Å². The summed E-state index contributed by atoms with van der Waals surface area (Å²) in [5.74, 6) is -0.621. The van der Waals surface area contributed by atoms with Gasteiger partial charge in [0.25, 0.3) is 11.1 Å². The van der Waals surface area contributed by atoms with E-state index in [0.717, 1.165) is 16.8 Å². The smallest absolute Gasteiger partial charge is 0.423 e. The van der Waals surface area contributed by atoms with E-state index in [9.17, 15) is 31.5 Å². The molecule has 3 heterocycles. The Morgan fingerprint density at radius 2 is 1.95 bits per heavy atom. The van der Waals surface area contributed by atoms with Crippen LogP contribution in [0.4, 0.5) is 27.6 Å². The first kappa shape index (κ1) is 28.6. The number of aliphatic hydroxyl groups excluding tert-OH is 1. The van der Waals surface area contributed by atoms with Crippen molar-refractivity contribution < 1.29 is 31.8 Å². The second kappa shape index (κ2) is 11.8. The van der Waals surface area contributed by atoms with Crippen molar-refractivity contribution in [2.45, 2.75) is 38.3 Å². The minimum Gasteiger partial charge on any atom is -0.474 e. The van der Waals surface area contributed by atoms with E-state index in [1.165, 1.54) is 37.6 Å². The first-order valence-corrected chi connectivity index (χ1v) is 11.9. The number of ether oxygens (including phenoxy) is 1. The molecule has 4 rings (SSSR count). The SMILES string of the molecule is C[C@@H](C[C@@H](F)Cn1ccc2cc(-c3cnc(OCCO)cn3)c(F)cc2c1=O)Nc1cn[nH]c(=O)c1C(F)(F)F. The Balaban J connectivity index is 1.49. The molecule has 212 valence electrons. The van der Waals surface area contributed by atoms with Crippen molar-refractivity contribution in [1.82, 2.24) is 24.7 Å². The number of aromatic amines is 1. The number of rotatable bonds is 10. The predicted molar refractivity (Wildman–Crippen MR) is 134 cm³/mol. The maximum atomic E-state index is 14.9. The zero-order valence-corrected chi connectivity index (χ0v) is 20.9. The maximum absolute atomic E-state index is 14.9. The molecule has 0 bridgehead atoms. The van der Waals surface area contributed by atoms with E-state index in [1.807, 2.05) is 0 Å². The normalized spacial score (nSPS) is 13.3. The zero-order chi connectivity index (χ0) is 29.0. The Kier molecular flexibility index (Phi) is 8.42. The number of nitrogens with zero attached hydrogens (tertiary/aromatic N) is 4. The quantitative estimate of drug-likeness (QED) is 0.249. The molecule has 0 aliphatic carbocycles. The largest absolute Gasteiger partial charge is 0.474 e. The zero-order valence-electron chi connectivity index (χ0n) is 20.9. The summed E-state index contributed by atoms with van der Waals surface area (Å²) in [5.41, 5.74) is -3.92. The Labute approximate surface area is 222 Å². The number of anilines is 1. The van der Waals surface area contributed by atoms with Crippen molar-refractivity contribution in [1.29, 1.82) is 0 Å². The van der Waals surface area contributed by atoms with Crippen molar-refractivity contribution in [2.24, 2.45) is 0 Å². The van der Waals surface area contributed by atoms with Gasteiger partial charge in [-0.05, 0) is 30.5 Å². The second-order valence-corrected chi connectivity index (χ2v) is 8.87. The first-order chi connectivity index (χ1) is 19.0. The van der Waals surface area contributed by atoms with Gasteiger partial charge in [-0.15, -0.1) is 0 Å². The van der Waals surface area contributed by atoms with Gasteiger partial charge in [-0.3, -0.25) is 9.59 Å². The minimum absolute atomic E-state index is 0.0117. The average molecular weight is 566 g/mol. The number of halogens is 5. The Morgan fingerprint density at radius 1 is 1.18 bits per heavy atom. The van der Waals surface area contributed by atoms with Gasteiger partial charge in [-0.25, -0.2) is 23.8 Å². The summed E-state index contributed by atoms with van der Waals surface area (Å²) in [6.07, 6.45) is -2.27. The number of fused-ring (bicyclic) bond motifs is 1. The fraction of sp³-hybridized carbons (Fsp3) is 0.320. The molecule has 0 saturated heterocycles. The molecular weight excluding hydrogens is 543 g/mol. The van der Waals surface area contributed by atoms with Crippen LogP contribution < -0.4 is 21.2 Å². The summed E-state index contributed by atoms with van der Waals surface area (Å²) < 4.78 is 75.7. The molecule has 2 atom stereocenters. The third kappa shape index (κ3) is 6.42. The highest BCUT2D eigenvalue weighted by Gasteiger charge is 2.37. The number of pyridine rings is 1. The molecule has 40 heavy (non-hydrogen) atoms. The standard InChI is InChI=1S/C25H23F5N6O4/c1-13(34-20-10-33-35-23(38)22(20)25(28,29)30)6-15(26)12-36-3-2-14-7-17(18(27)8-16(14)24(36)39)19-9-32-21(11-31-19)40-5-4-37/h2-3,7-11,13,15,37H,4-6,12H2,1H3,(H2,34,35,38)/t13-,15+/m0/s1. The van der Waals surface area contributed by atoms with Crippen molar-refractivity contribution in [2.75, 3.05) is 18.5 Å². The number of hydrogen-bond donors (Lipinski definition) is 3. The third-order valence-corrected chi connectivity index (χ3v) is 5.86. The molecule has 0 unspecified atom stereocenters. The van der Waals surface area contributed by atoms with Crippen molar-refractivity contribution in [3.8, 4) is 17.1 Å². The van der Waals surface area contributed by atoms with E-state index >= 15 is 0 Å². The minimum atomic E-state index is -4.95. The number of alkyl halides is 4. The molecule has 0 fully saturated rings. The Hall–Kier alpha value is -4.40. The maximum Gasteiger partial charge on any atom is 0.423 e. The number of hydrogen-bond acceptors (Lipinski definition) is 8. The van der Waals surface area contributed by atoms with Crippen molar-refractivity contribution in [3.63, 3.8) is 0 Å². The van der Waals surface area contributed by atoms with Crippen LogP contribution in [-0.2, 0) is 12.7 Å². The summed E-state index contributed by atoms with van der Waals surface area (Å²) in [6.45, 7) is 0.785. The van der Waals surface area contributed by atoms with Crippen molar-refractivity contribution in [3.05, 3.63) is 75.1 Å². The summed E-state index contributed by atoms with van der Waals surface area (Å²) in [4.78, 5) is 32.7. The van der Waals surface area contributed by atoms with Crippen LogP contribution >= 0.6 is 0 Å². The third-order valence-electron chi connectivity index (χ3n) is 5.86. The number of H-pyrrole nitrogens is 1. The van der Waals surface area contributed by atoms with Gasteiger partial charge in [0.2, 0.25) is 5.88 Å². The van der Waals surface area contributed by atoms with Crippen LogP contribution in [0.5, 0.6) is 5.88 Å². The van der Waals surface area contributed by atoms with Gasteiger partial charge in [0.1, 0.15) is 24.2 Å². The van der Waals surface area contributed by atoms with E-state index in [2.05, 4.69) is 20.4 Å². The molecule has 15 heteroatoms. The molecule has 0 aliphatic heterocycles. The number of benzene rings is 1. The van der Waals surface area contributed by atoms with Gasteiger partial charge in [0.05, 0.1) is 48.5 Å². The molecule has 0 radical (unpaired) electrons. The molecule has 0 saturated carbocycles. The van der Waals surface area contributed by atoms with Gasteiger partial charge in [-0.1, -0.05) is 0 Å². The van der Waals surface area contributed by atoms with E-state index in [1.54, 1.807) is 5.10 Å². The lowest BCUT2D eigenvalue weighted by atomic mass is 10.1. The van der Waals surface area contributed by atoms with Crippen LogP contribution in [0.25, 0.3) is 22.0 Å². The Morgan fingerprint density at radius 3 is 2.62 bits per heavy atom. The van der Waals surface area contributed by atoms with E-state index < -0.39 is 53.1 Å². The molecule has 1 aromatic carbocycles. The summed E-state index contributed by atoms with van der Waals surface area (Å²) in [7, 11) is 0. The predicted octanol–water partition coefficient (Wildman–Crippen LogP) is 3.30. The highest BCUT2D eigenvalue weighted by atomic mass is 19.4. The number of aromatic nitrogens is 5. The molecule has 10 nitrogen and oxygen atoms in total. The lowest BCUT2D eigenvalue weighted by molar-refractivity contribution is -0.138. The number of nitrogens with one attached hydrogen (secondary N) is 2. The highest BCUT2D eigenvalue weighted by Crippen LogP contribution is 2.32. The average Bonchev–Trinajstić information content (AvgIpc) is 2.88. The molecule has 3 N–H and O–H groups in total. The number of aliphatic hydroxyl groups is 1. The lowest BCUT2D eigenvalue weighted by Gasteiger charge is -2.20. The van der Waals surface area contributed by atoms with E-state index in [-0.39, 0.29) is 42.2 Å². The van der Waals surface area contributed by atoms with Gasteiger partial charge in [0, 0.05) is 24.2 Å². The van der Waals surface area contributed by atoms with Gasteiger partial charge in [-0.2, -0.15) is 18.3 Å². The monoisotopic (exact) mass is 566 g/mol. The molecular formula is C25H23F5N6O4. The highest BCUT2D eigenvalue weighted by molar-refractivity contribution is 5.86. The van der Waals surface area contributed by atoms with Gasteiger partial charge in [0.15, 0.2) is 0 Å². The van der Waals surface area contributed by atoms with E-state index in [0.29, 0.717) is 5.39 Å². The molecule has 0 spiro atoms. The second-order valence-electron chi connectivity index (χ2n) is 8.87. The molecule has 0 amide bonds. The van der Waals surface area contributed by atoms with Crippen LogP contribution in [0, 0.1) is 5.82 Å². The van der Waals surface area contributed by atoms with Crippen LogP contribution in [0.15, 0.2) is 52.6 Å².